The number of unbranched alkanes of at least 4 members (excludes halogenated alkanes) is 1. The summed E-state index contributed by atoms with van der Waals surface area (Å²) in [6.45, 7) is 7.63. The smallest absolute Gasteiger partial charge is 0.255 e. The van der Waals surface area contributed by atoms with Crippen LogP contribution in [0.3, 0.4) is 0 Å². The number of aromatic nitrogens is 1. The van der Waals surface area contributed by atoms with Gasteiger partial charge in [-0.3, -0.25) is 0 Å². The molecule has 0 saturated carbocycles. The van der Waals surface area contributed by atoms with E-state index in [2.05, 4.69) is 17.2 Å². The zero-order valence-corrected chi connectivity index (χ0v) is 11.5. The predicted octanol–water partition coefficient (Wildman–Crippen LogP) is 2.48. The summed E-state index contributed by atoms with van der Waals surface area (Å²) in [7, 11) is 0. The highest BCUT2D eigenvalue weighted by Crippen LogP contribution is 2.15. The van der Waals surface area contributed by atoms with Crippen molar-refractivity contribution in [2.45, 2.75) is 31.9 Å². The largest absolute Gasteiger partial charge is 0.440 e. The van der Waals surface area contributed by atoms with Crippen LogP contribution in [-0.2, 0) is 4.74 Å². The molecule has 1 aromatic heterocycles. The number of ether oxygens (including phenoxy) is 1. The molecule has 1 N–H and O–H groups in total. The van der Waals surface area contributed by atoms with Gasteiger partial charge >= 0.3 is 0 Å². The summed E-state index contributed by atoms with van der Waals surface area (Å²) in [6, 6.07) is 0. The van der Waals surface area contributed by atoms with Crippen LogP contribution in [0.4, 0.5) is 0 Å². The molecule has 0 aromatic carbocycles. The second kappa shape index (κ2) is 9.50. The van der Waals surface area contributed by atoms with Gasteiger partial charge in [-0.15, -0.1) is 0 Å². The first-order valence-corrected chi connectivity index (χ1v) is 7.15. The minimum absolute atomic E-state index is 0.753. The van der Waals surface area contributed by atoms with Crippen molar-refractivity contribution < 1.29 is 9.15 Å². The van der Waals surface area contributed by atoms with Crippen molar-refractivity contribution >= 4 is 11.8 Å². The molecular formula is C12H22N2O2S. The Hall–Kier alpha value is -0.520. The Morgan fingerprint density at radius 2 is 2.29 bits per heavy atom. The Labute approximate surface area is 108 Å². The van der Waals surface area contributed by atoms with E-state index in [1.54, 1.807) is 18.0 Å². The van der Waals surface area contributed by atoms with Crippen LogP contribution < -0.4 is 5.32 Å². The molecule has 0 saturated heterocycles. The monoisotopic (exact) mass is 258 g/mol. The second-order valence-electron chi connectivity index (χ2n) is 3.82. The molecule has 0 unspecified atom stereocenters. The molecule has 98 valence electrons. The van der Waals surface area contributed by atoms with Gasteiger partial charge in [0.15, 0.2) is 0 Å². The fourth-order valence-electron chi connectivity index (χ4n) is 1.23. The standard InChI is InChI=1S/C12H22N2O2S/c1-3-4-7-15-8-5-13-6-9-17-12-14-11(2)10-16-12/h10,13H,3-9H2,1-2H3. The number of thioether (sulfide) groups is 1. The average Bonchev–Trinajstić information content (AvgIpc) is 2.73. The highest BCUT2D eigenvalue weighted by atomic mass is 32.2. The Morgan fingerprint density at radius 3 is 3.00 bits per heavy atom. The Morgan fingerprint density at radius 1 is 1.41 bits per heavy atom. The first-order valence-electron chi connectivity index (χ1n) is 6.16. The third kappa shape index (κ3) is 7.41. The summed E-state index contributed by atoms with van der Waals surface area (Å²) in [5.74, 6) is 0.967. The molecule has 0 bridgehead atoms. The number of aryl methyl sites for hydroxylation is 1. The molecule has 4 nitrogen and oxygen atoms in total. The van der Waals surface area contributed by atoms with Crippen LogP contribution in [0.25, 0.3) is 0 Å². The third-order valence-electron chi connectivity index (χ3n) is 2.17. The van der Waals surface area contributed by atoms with Gasteiger partial charge in [0.25, 0.3) is 5.22 Å². The van der Waals surface area contributed by atoms with Gasteiger partial charge in [0.2, 0.25) is 0 Å². The second-order valence-corrected chi connectivity index (χ2v) is 4.87. The van der Waals surface area contributed by atoms with Gasteiger partial charge in [0, 0.05) is 25.4 Å². The lowest BCUT2D eigenvalue weighted by atomic mass is 10.4. The highest BCUT2D eigenvalue weighted by Gasteiger charge is 2.00. The topological polar surface area (TPSA) is 47.3 Å². The quantitative estimate of drug-likeness (QED) is 0.516. The fraction of sp³-hybridized carbons (Fsp3) is 0.750. The SMILES string of the molecule is CCCCOCCNCCSc1nc(C)co1. The van der Waals surface area contributed by atoms with E-state index < -0.39 is 0 Å². The first kappa shape index (κ1) is 14.5. The number of nitrogens with zero attached hydrogens (tertiary/aromatic N) is 1. The van der Waals surface area contributed by atoms with Crippen LogP contribution in [0.2, 0.25) is 0 Å². The van der Waals surface area contributed by atoms with Crippen LogP contribution in [0.5, 0.6) is 0 Å². The van der Waals surface area contributed by atoms with Gasteiger partial charge in [0.1, 0.15) is 6.26 Å². The Balaban J connectivity index is 1.84. The fourth-order valence-corrected chi connectivity index (χ4v) is 1.97. The molecule has 0 spiro atoms. The lowest BCUT2D eigenvalue weighted by molar-refractivity contribution is 0.133. The van der Waals surface area contributed by atoms with Crippen LogP contribution in [-0.4, -0.2) is 37.0 Å². The van der Waals surface area contributed by atoms with Crippen molar-refractivity contribution in [1.82, 2.24) is 10.3 Å². The highest BCUT2D eigenvalue weighted by molar-refractivity contribution is 7.99. The molecule has 1 heterocycles. The molecule has 17 heavy (non-hydrogen) atoms. The van der Waals surface area contributed by atoms with E-state index in [0.717, 1.165) is 49.4 Å². The summed E-state index contributed by atoms with van der Waals surface area (Å²) in [6.07, 6.45) is 4.02. The van der Waals surface area contributed by atoms with Crippen LogP contribution >= 0.6 is 11.8 Å². The maximum absolute atomic E-state index is 5.44. The summed E-state index contributed by atoms with van der Waals surface area (Å²) in [5.41, 5.74) is 0.935. The zero-order chi connectivity index (χ0) is 12.3. The van der Waals surface area contributed by atoms with E-state index in [1.807, 2.05) is 6.92 Å². The first-order chi connectivity index (χ1) is 8.33. The van der Waals surface area contributed by atoms with Gasteiger partial charge in [0.05, 0.1) is 12.3 Å². The third-order valence-corrected chi connectivity index (χ3v) is 3.01. The molecule has 0 amide bonds. The maximum Gasteiger partial charge on any atom is 0.255 e. The molecule has 0 aliphatic carbocycles. The molecule has 0 radical (unpaired) electrons. The van der Waals surface area contributed by atoms with Gasteiger partial charge in [-0.2, -0.15) is 0 Å². The number of hydrogen-bond acceptors (Lipinski definition) is 5. The summed E-state index contributed by atoms with van der Waals surface area (Å²) in [4.78, 5) is 4.22. The van der Waals surface area contributed by atoms with E-state index in [9.17, 15) is 0 Å². The van der Waals surface area contributed by atoms with Crippen molar-refractivity contribution in [2.24, 2.45) is 0 Å². The van der Waals surface area contributed by atoms with Gasteiger partial charge < -0.3 is 14.5 Å². The van der Waals surface area contributed by atoms with Gasteiger partial charge in [-0.1, -0.05) is 25.1 Å². The lowest BCUT2D eigenvalue weighted by Crippen LogP contribution is -2.22. The van der Waals surface area contributed by atoms with Crippen molar-refractivity contribution in [3.8, 4) is 0 Å². The molecule has 1 aromatic rings. The minimum atomic E-state index is 0.753. The van der Waals surface area contributed by atoms with Crippen LogP contribution in [0.1, 0.15) is 25.5 Å². The molecule has 5 heteroatoms. The van der Waals surface area contributed by atoms with Crippen LogP contribution in [0.15, 0.2) is 15.9 Å². The van der Waals surface area contributed by atoms with E-state index in [-0.39, 0.29) is 0 Å². The van der Waals surface area contributed by atoms with Crippen molar-refractivity contribution in [1.29, 1.82) is 0 Å². The summed E-state index contributed by atoms with van der Waals surface area (Å²) in [5, 5.41) is 4.08. The summed E-state index contributed by atoms with van der Waals surface area (Å²) < 4.78 is 10.7. The van der Waals surface area contributed by atoms with E-state index in [0.29, 0.717) is 0 Å². The zero-order valence-electron chi connectivity index (χ0n) is 10.7. The minimum Gasteiger partial charge on any atom is -0.440 e. The van der Waals surface area contributed by atoms with E-state index >= 15 is 0 Å². The van der Waals surface area contributed by atoms with Crippen molar-refractivity contribution in [3.05, 3.63) is 12.0 Å². The Bertz CT molecular complexity index is 292. The van der Waals surface area contributed by atoms with Crippen molar-refractivity contribution in [3.63, 3.8) is 0 Å². The Kier molecular flexibility index (Phi) is 8.13. The normalized spacial score (nSPS) is 10.9. The number of hydrogen-bond donors (Lipinski definition) is 1. The summed E-state index contributed by atoms with van der Waals surface area (Å²) >= 11 is 1.63. The predicted molar refractivity (Wildman–Crippen MR) is 70.6 cm³/mol. The van der Waals surface area contributed by atoms with Crippen LogP contribution in [0, 0.1) is 6.92 Å². The molecular weight excluding hydrogens is 236 g/mol. The average molecular weight is 258 g/mol. The molecule has 0 fully saturated rings. The van der Waals surface area contributed by atoms with E-state index in [1.165, 1.54) is 6.42 Å². The van der Waals surface area contributed by atoms with Gasteiger partial charge in [-0.05, 0) is 13.3 Å². The number of nitrogens with one attached hydrogen (secondary N) is 1. The number of rotatable bonds is 10. The number of oxazole rings is 1. The molecule has 1 rings (SSSR count). The maximum atomic E-state index is 5.44. The van der Waals surface area contributed by atoms with E-state index in [4.69, 9.17) is 9.15 Å². The molecule has 0 atom stereocenters. The molecule has 0 aliphatic rings. The lowest BCUT2D eigenvalue weighted by Gasteiger charge is -2.04. The molecule has 0 aliphatic heterocycles. The van der Waals surface area contributed by atoms with Crippen molar-refractivity contribution in [2.75, 3.05) is 32.1 Å². The van der Waals surface area contributed by atoms with Gasteiger partial charge in [-0.25, -0.2) is 4.98 Å².